The first-order valence-electron chi connectivity index (χ1n) is 6.11. The highest BCUT2D eigenvalue weighted by Crippen LogP contribution is 2.40. The number of aromatic nitrogens is 2. The molecule has 0 bridgehead atoms. The Morgan fingerprint density at radius 2 is 2.00 bits per heavy atom. The first-order chi connectivity index (χ1) is 9.13. The van der Waals surface area contributed by atoms with Crippen LogP contribution >= 0.6 is 35.0 Å². The van der Waals surface area contributed by atoms with E-state index in [0.29, 0.717) is 11.1 Å². The molecule has 2 nitrogen and oxygen atoms in total. The van der Waals surface area contributed by atoms with Crippen molar-refractivity contribution in [2.24, 2.45) is 0 Å². The summed E-state index contributed by atoms with van der Waals surface area (Å²) in [6.07, 6.45) is 2.33. The van der Waals surface area contributed by atoms with E-state index in [1.807, 2.05) is 31.2 Å². The molecule has 0 radical (unpaired) electrons. The molecule has 5 heteroatoms. The molecule has 0 amide bonds. The van der Waals surface area contributed by atoms with Crippen LogP contribution in [0, 0.1) is 6.92 Å². The molecular formula is C14H12Cl2N2S. The van der Waals surface area contributed by atoms with Crippen molar-refractivity contribution < 1.29 is 0 Å². The van der Waals surface area contributed by atoms with E-state index in [9.17, 15) is 0 Å². The molecular weight excluding hydrogens is 299 g/mol. The van der Waals surface area contributed by atoms with Gasteiger partial charge in [0.1, 0.15) is 16.0 Å². The highest BCUT2D eigenvalue weighted by atomic mass is 35.5. The van der Waals surface area contributed by atoms with E-state index in [-0.39, 0.29) is 0 Å². The van der Waals surface area contributed by atoms with Gasteiger partial charge in [-0.3, -0.25) is 0 Å². The molecule has 0 saturated heterocycles. The average Bonchev–Trinajstić information content (AvgIpc) is 3.19. The van der Waals surface area contributed by atoms with E-state index in [2.05, 4.69) is 9.97 Å². The maximum Gasteiger partial charge on any atom is 0.136 e. The fraction of sp³-hybridized carbons (Fsp3) is 0.286. The summed E-state index contributed by atoms with van der Waals surface area (Å²) in [6, 6.07) is 7.74. The Morgan fingerprint density at radius 1 is 1.21 bits per heavy atom. The van der Waals surface area contributed by atoms with Gasteiger partial charge in [0, 0.05) is 21.4 Å². The van der Waals surface area contributed by atoms with Crippen molar-refractivity contribution in [1.29, 1.82) is 0 Å². The first kappa shape index (κ1) is 13.2. The first-order valence-corrected chi connectivity index (χ1v) is 7.68. The van der Waals surface area contributed by atoms with E-state index < -0.39 is 0 Å². The summed E-state index contributed by atoms with van der Waals surface area (Å²) in [4.78, 5) is 10.1. The lowest BCUT2D eigenvalue weighted by atomic mass is 10.3. The molecule has 2 aromatic rings. The van der Waals surface area contributed by atoms with Gasteiger partial charge in [0.25, 0.3) is 0 Å². The lowest BCUT2D eigenvalue weighted by Gasteiger charge is -2.08. The van der Waals surface area contributed by atoms with Crippen LogP contribution in [0.5, 0.6) is 0 Å². The Hall–Kier alpha value is -0.770. The summed E-state index contributed by atoms with van der Waals surface area (Å²) in [5.41, 5.74) is 0.927. The molecule has 98 valence electrons. The minimum atomic E-state index is 0.497. The van der Waals surface area contributed by atoms with Crippen LogP contribution in [0.1, 0.15) is 30.1 Å². The van der Waals surface area contributed by atoms with Crippen LogP contribution in [-0.4, -0.2) is 9.97 Å². The van der Waals surface area contributed by atoms with Gasteiger partial charge in [-0.15, -0.1) is 0 Å². The van der Waals surface area contributed by atoms with Crippen molar-refractivity contribution in [3.05, 3.63) is 45.8 Å². The molecule has 0 N–H and O–H groups in total. The zero-order valence-corrected chi connectivity index (χ0v) is 12.7. The maximum atomic E-state index is 6.20. The molecule has 1 aliphatic rings. The highest BCUT2D eigenvalue weighted by molar-refractivity contribution is 7.99. The van der Waals surface area contributed by atoms with Gasteiger partial charge in [-0.25, -0.2) is 9.97 Å². The zero-order chi connectivity index (χ0) is 13.4. The third-order valence-electron chi connectivity index (χ3n) is 3.01. The second-order valence-electron chi connectivity index (χ2n) is 4.64. The predicted molar refractivity (Wildman–Crippen MR) is 79.3 cm³/mol. The van der Waals surface area contributed by atoms with Gasteiger partial charge >= 0.3 is 0 Å². The lowest BCUT2D eigenvalue weighted by Crippen LogP contribution is -1.98. The molecule has 1 fully saturated rings. The summed E-state index contributed by atoms with van der Waals surface area (Å²) < 4.78 is 0. The Kier molecular flexibility index (Phi) is 3.70. The minimum absolute atomic E-state index is 0.497. The van der Waals surface area contributed by atoms with Crippen molar-refractivity contribution in [3.63, 3.8) is 0 Å². The van der Waals surface area contributed by atoms with Crippen molar-refractivity contribution in [3.8, 4) is 0 Å². The van der Waals surface area contributed by atoms with Crippen LogP contribution in [0.4, 0.5) is 0 Å². The number of hydrogen-bond donors (Lipinski definition) is 0. The second kappa shape index (κ2) is 5.31. The molecule has 1 heterocycles. The molecule has 0 atom stereocenters. The molecule has 19 heavy (non-hydrogen) atoms. The van der Waals surface area contributed by atoms with Crippen LogP contribution in [0.3, 0.4) is 0 Å². The SMILES string of the molecule is Cc1c(Cl)nc(C2CC2)nc1Sc1cccc(Cl)c1. The number of hydrogen-bond acceptors (Lipinski definition) is 3. The zero-order valence-electron chi connectivity index (χ0n) is 10.4. The van der Waals surface area contributed by atoms with Crippen LogP contribution in [-0.2, 0) is 0 Å². The number of nitrogens with zero attached hydrogens (tertiary/aromatic N) is 2. The molecule has 1 aromatic carbocycles. The topological polar surface area (TPSA) is 25.8 Å². The molecule has 3 rings (SSSR count). The lowest BCUT2D eigenvalue weighted by molar-refractivity contribution is 0.862. The van der Waals surface area contributed by atoms with Crippen molar-refractivity contribution >= 4 is 35.0 Å². The molecule has 0 spiro atoms. The predicted octanol–water partition coefficient (Wildman–Crippen LogP) is 5.12. The summed E-state index contributed by atoms with van der Waals surface area (Å²) >= 11 is 13.8. The van der Waals surface area contributed by atoms with Gasteiger partial charge in [0.2, 0.25) is 0 Å². The van der Waals surface area contributed by atoms with Crippen molar-refractivity contribution in [2.45, 2.75) is 35.6 Å². The summed E-state index contributed by atoms with van der Waals surface area (Å²) in [5.74, 6) is 1.37. The van der Waals surface area contributed by atoms with Crippen LogP contribution < -0.4 is 0 Å². The van der Waals surface area contributed by atoms with Gasteiger partial charge in [0.05, 0.1) is 0 Å². The molecule has 1 saturated carbocycles. The molecule has 1 aliphatic carbocycles. The largest absolute Gasteiger partial charge is 0.226 e. The van der Waals surface area contributed by atoms with Crippen LogP contribution in [0.25, 0.3) is 0 Å². The van der Waals surface area contributed by atoms with E-state index in [1.165, 1.54) is 12.8 Å². The maximum absolute atomic E-state index is 6.20. The Bertz CT molecular complexity index is 627. The molecule has 0 aliphatic heterocycles. The van der Waals surface area contributed by atoms with Gasteiger partial charge in [-0.05, 0) is 38.0 Å². The Morgan fingerprint density at radius 3 is 2.68 bits per heavy atom. The van der Waals surface area contributed by atoms with Gasteiger partial charge in [0.15, 0.2) is 0 Å². The van der Waals surface area contributed by atoms with E-state index in [1.54, 1.807) is 11.8 Å². The molecule has 0 unspecified atom stereocenters. The molecule has 1 aromatic heterocycles. The smallest absolute Gasteiger partial charge is 0.136 e. The van der Waals surface area contributed by atoms with Crippen LogP contribution in [0.15, 0.2) is 34.2 Å². The van der Waals surface area contributed by atoms with Gasteiger partial charge in [-0.2, -0.15) is 0 Å². The second-order valence-corrected chi connectivity index (χ2v) is 6.49. The monoisotopic (exact) mass is 310 g/mol. The van der Waals surface area contributed by atoms with E-state index in [4.69, 9.17) is 23.2 Å². The summed E-state index contributed by atoms with van der Waals surface area (Å²) in [6.45, 7) is 1.95. The van der Waals surface area contributed by atoms with Crippen molar-refractivity contribution in [1.82, 2.24) is 9.97 Å². The fourth-order valence-electron chi connectivity index (χ4n) is 1.75. The van der Waals surface area contributed by atoms with E-state index >= 15 is 0 Å². The normalized spacial score (nSPS) is 14.7. The third-order valence-corrected chi connectivity index (χ3v) is 4.70. The summed E-state index contributed by atoms with van der Waals surface area (Å²) in [5, 5.41) is 2.20. The van der Waals surface area contributed by atoms with Gasteiger partial charge in [-0.1, -0.05) is 41.0 Å². The average molecular weight is 311 g/mol. The standard InChI is InChI=1S/C14H12Cl2N2S/c1-8-12(16)17-13(9-5-6-9)18-14(8)19-11-4-2-3-10(15)7-11/h2-4,7,9H,5-6H2,1H3. The Balaban J connectivity index is 1.95. The number of halogens is 2. The highest BCUT2D eigenvalue weighted by Gasteiger charge is 2.28. The number of rotatable bonds is 3. The number of benzene rings is 1. The van der Waals surface area contributed by atoms with Gasteiger partial charge < -0.3 is 0 Å². The van der Waals surface area contributed by atoms with Crippen LogP contribution in [0.2, 0.25) is 10.2 Å². The quantitative estimate of drug-likeness (QED) is 0.736. The fourth-order valence-corrected chi connectivity index (χ4v) is 3.18. The minimum Gasteiger partial charge on any atom is -0.226 e. The summed E-state index contributed by atoms with van der Waals surface area (Å²) in [7, 11) is 0. The van der Waals surface area contributed by atoms with Crippen molar-refractivity contribution in [2.75, 3.05) is 0 Å². The van der Waals surface area contributed by atoms with E-state index in [0.717, 1.165) is 26.3 Å². The third kappa shape index (κ3) is 3.04. The Labute approximate surface area is 126 Å².